The fourth-order valence-electron chi connectivity index (χ4n) is 3.18. The molecule has 26 heavy (non-hydrogen) atoms. The van der Waals surface area contributed by atoms with Crippen molar-refractivity contribution in [3.8, 4) is 0 Å². The number of anilines is 1. The van der Waals surface area contributed by atoms with Gasteiger partial charge in [0, 0.05) is 58.3 Å². The molecule has 2 amide bonds. The third kappa shape index (κ3) is 4.50. The molecule has 0 atom stereocenters. The molecule has 8 nitrogen and oxygen atoms in total. The van der Waals surface area contributed by atoms with Gasteiger partial charge < -0.3 is 14.7 Å². The highest BCUT2D eigenvalue weighted by molar-refractivity contribution is 5.95. The van der Waals surface area contributed by atoms with Crippen molar-refractivity contribution in [3.63, 3.8) is 0 Å². The monoisotopic (exact) mass is 362 g/mol. The van der Waals surface area contributed by atoms with Gasteiger partial charge in [-0.15, -0.1) is 0 Å². The summed E-state index contributed by atoms with van der Waals surface area (Å²) in [7, 11) is 1.70. The summed E-state index contributed by atoms with van der Waals surface area (Å²) >= 11 is 0. The number of nitro benzene ring substituents is 1. The topological polar surface area (TPSA) is 87.0 Å². The number of piperazine rings is 1. The molecule has 0 N–H and O–H groups in total. The number of benzene rings is 1. The standard InChI is InChI=1S/C18H26N4O4/c1-13(2)12-19(4)18(24)15-5-6-16(17(11-15)22(25)26)21-9-7-20(8-10-21)14(3)23/h5-6,11,13H,7-10,12H2,1-4H3. The number of hydrogen-bond acceptors (Lipinski definition) is 5. The lowest BCUT2D eigenvalue weighted by molar-refractivity contribution is -0.384. The summed E-state index contributed by atoms with van der Waals surface area (Å²) in [5.74, 6) is 0.0961. The van der Waals surface area contributed by atoms with Crippen LogP contribution >= 0.6 is 0 Å². The summed E-state index contributed by atoms with van der Waals surface area (Å²) in [6.07, 6.45) is 0. The molecule has 0 bridgehead atoms. The molecule has 1 aromatic carbocycles. The minimum absolute atomic E-state index is 0.00767. The van der Waals surface area contributed by atoms with E-state index in [0.29, 0.717) is 49.9 Å². The predicted octanol–water partition coefficient (Wildman–Crippen LogP) is 1.99. The molecule has 8 heteroatoms. The Kier molecular flexibility index (Phi) is 6.18. The first-order valence-electron chi connectivity index (χ1n) is 8.75. The molecular formula is C18H26N4O4. The second-order valence-corrected chi connectivity index (χ2v) is 7.03. The van der Waals surface area contributed by atoms with E-state index in [1.165, 1.54) is 13.0 Å². The van der Waals surface area contributed by atoms with Crippen LogP contribution in [0.4, 0.5) is 11.4 Å². The van der Waals surface area contributed by atoms with Gasteiger partial charge in [0.2, 0.25) is 5.91 Å². The maximum Gasteiger partial charge on any atom is 0.293 e. The Labute approximate surface area is 153 Å². The SMILES string of the molecule is CC(=O)N1CCN(c2ccc(C(=O)N(C)CC(C)C)cc2[N+](=O)[O-])CC1. The lowest BCUT2D eigenvalue weighted by atomic mass is 10.1. The Balaban J connectivity index is 2.23. The summed E-state index contributed by atoms with van der Waals surface area (Å²) < 4.78 is 0. The highest BCUT2D eigenvalue weighted by atomic mass is 16.6. The molecule has 0 spiro atoms. The maximum atomic E-state index is 12.5. The van der Waals surface area contributed by atoms with Crippen LogP contribution in [-0.2, 0) is 4.79 Å². The molecule has 1 aliphatic heterocycles. The average molecular weight is 362 g/mol. The van der Waals surface area contributed by atoms with Gasteiger partial charge in [0.05, 0.1) is 4.92 Å². The first-order chi connectivity index (χ1) is 12.2. The van der Waals surface area contributed by atoms with Gasteiger partial charge in [0.1, 0.15) is 5.69 Å². The zero-order valence-electron chi connectivity index (χ0n) is 15.8. The van der Waals surface area contributed by atoms with Crippen molar-refractivity contribution < 1.29 is 14.5 Å². The summed E-state index contributed by atoms with van der Waals surface area (Å²) in [5.41, 5.74) is 0.720. The predicted molar refractivity (Wildman–Crippen MR) is 99.4 cm³/mol. The molecular weight excluding hydrogens is 336 g/mol. The minimum atomic E-state index is -0.452. The van der Waals surface area contributed by atoms with Crippen molar-refractivity contribution in [2.75, 3.05) is 44.7 Å². The van der Waals surface area contributed by atoms with Crippen LogP contribution in [0.5, 0.6) is 0 Å². The summed E-state index contributed by atoms with van der Waals surface area (Å²) in [4.78, 5) is 40.2. The lowest BCUT2D eigenvalue weighted by Gasteiger charge is -2.35. The zero-order valence-corrected chi connectivity index (χ0v) is 15.8. The number of carbonyl (C=O) groups is 2. The van der Waals surface area contributed by atoms with E-state index in [0.717, 1.165) is 0 Å². The molecule has 1 aromatic rings. The number of nitro groups is 1. The van der Waals surface area contributed by atoms with E-state index in [4.69, 9.17) is 0 Å². The lowest BCUT2D eigenvalue weighted by Crippen LogP contribution is -2.48. The van der Waals surface area contributed by atoms with Crippen molar-refractivity contribution in [1.82, 2.24) is 9.80 Å². The largest absolute Gasteiger partial charge is 0.362 e. The smallest absolute Gasteiger partial charge is 0.293 e. The second kappa shape index (κ2) is 8.16. The van der Waals surface area contributed by atoms with Gasteiger partial charge in [0.25, 0.3) is 11.6 Å². The number of nitrogens with zero attached hydrogens (tertiary/aromatic N) is 4. The summed E-state index contributed by atoms with van der Waals surface area (Å²) in [6, 6.07) is 4.63. The van der Waals surface area contributed by atoms with Gasteiger partial charge in [0.15, 0.2) is 0 Å². The average Bonchev–Trinajstić information content (AvgIpc) is 2.60. The summed E-state index contributed by atoms with van der Waals surface area (Å²) in [5, 5.41) is 11.5. The van der Waals surface area contributed by atoms with E-state index in [1.54, 1.807) is 29.0 Å². The molecule has 142 valence electrons. The highest BCUT2D eigenvalue weighted by Gasteiger charge is 2.26. The van der Waals surface area contributed by atoms with Crippen molar-refractivity contribution in [1.29, 1.82) is 0 Å². The van der Waals surface area contributed by atoms with Gasteiger partial charge in [-0.1, -0.05) is 13.8 Å². The molecule has 0 unspecified atom stereocenters. The van der Waals surface area contributed by atoms with Crippen molar-refractivity contribution in [2.45, 2.75) is 20.8 Å². The van der Waals surface area contributed by atoms with E-state index in [1.807, 2.05) is 18.7 Å². The van der Waals surface area contributed by atoms with E-state index >= 15 is 0 Å². The molecule has 1 heterocycles. The van der Waals surface area contributed by atoms with E-state index < -0.39 is 4.92 Å². The quantitative estimate of drug-likeness (QED) is 0.590. The Bertz CT molecular complexity index is 696. The normalized spacial score (nSPS) is 14.5. The molecule has 0 aromatic heterocycles. The molecule has 0 saturated carbocycles. The maximum absolute atomic E-state index is 12.5. The Morgan fingerprint density at radius 2 is 1.85 bits per heavy atom. The molecule has 1 fully saturated rings. The zero-order chi connectivity index (χ0) is 19.4. The Hall–Kier alpha value is -2.64. The van der Waals surface area contributed by atoms with Crippen molar-refractivity contribution in [2.24, 2.45) is 5.92 Å². The van der Waals surface area contributed by atoms with E-state index in [2.05, 4.69) is 0 Å². The second-order valence-electron chi connectivity index (χ2n) is 7.03. The van der Waals surface area contributed by atoms with Gasteiger partial charge in [-0.2, -0.15) is 0 Å². The highest BCUT2D eigenvalue weighted by Crippen LogP contribution is 2.30. The summed E-state index contributed by atoms with van der Waals surface area (Å²) in [6.45, 7) is 8.25. The third-order valence-electron chi connectivity index (χ3n) is 4.47. The molecule has 0 aliphatic carbocycles. The van der Waals surface area contributed by atoms with Crippen LogP contribution < -0.4 is 4.90 Å². The Morgan fingerprint density at radius 3 is 2.35 bits per heavy atom. The van der Waals surface area contributed by atoms with E-state index in [9.17, 15) is 19.7 Å². The molecule has 2 rings (SSSR count). The van der Waals surface area contributed by atoms with Gasteiger partial charge >= 0.3 is 0 Å². The van der Waals surface area contributed by atoms with E-state index in [-0.39, 0.29) is 17.5 Å². The third-order valence-corrected chi connectivity index (χ3v) is 4.47. The first kappa shape index (κ1) is 19.7. The molecule has 0 radical (unpaired) electrons. The molecule has 1 saturated heterocycles. The van der Waals surface area contributed by atoms with Crippen LogP contribution in [0, 0.1) is 16.0 Å². The van der Waals surface area contributed by atoms with Crippen LogP contribution in [0.3, 0.4) is 0 Å². The number of amides is 2. The van der Waals surface area contributed by atoms with Crippen molar-refractivity contribution >= 4 is 23.2 Å². The first-order valence-corrected chi connectivity index (χ1v) is 8.75. The van der Waals surface area contributed by atoms with Gasteiger partial charge in [-0.3, -0.25) is 19.7 Å². The number of rotatable bonds is 5. The fourth-order valence-corrected chi connectivity index (χ4v) is 3.18. The van der Waals surface area contributed by atoms with Crippen molar-refractivity contribution in [3.05, 3.63) is 33.9 Å². The minimum Gasteiger partial charge on any atom is -0.362 e. The van der Waals surface area contributed by atoms with Crippen LogP contribution in [0.1, 0.15) is 31.1 Å². The van der Waals surface area contributed by atoms with Crippen LogP contribution in [-0.4, -0.2) is 66.3 Å². The van der Waals surface area contributed by atoms with Crippen LogP contribution in [0.15, 0.2) is 18.2 Å². The van der Waals surface area contributed by atoms with Gasteiger partial charge in [-0.05, 0) is 18.1 Å². The fraction of sp³-hybridized carbons (Fsp3) is 0.556. The Morgan fingerprint density at radius 1 is 1.23 bits per heavy atom. The van der Waals surface area contributed by atoms with Gasteiger partial charge in [-0.25, -0.2) is 0 Å². The number of carbonyl (C=O) groups excluding carboxylic acids is 2. The molecule has 1 aliphatic rings. The van der Waals surface area contributed by atoms with Crippen LogP contribution in [0.2, 0.25) is 0 Å². The number of hydrogen-bond donors (Lipinski definition) is 0. The van der Waals surface area contributed by atoms with Crippen LogP contribution in [0.25, 0.3) is 0 Å².